The Labute approximate surface area is 176 Å². The number of nitrogens with one attached hydrogen (secondary N) is 1. The molecule has 1 aromatic carbocycles. The summed E-state index contributed by atoms with van der Waals surface area (Å²) in [6, 6.07) is 8.43. The molecule has 0 bridgehead atoms. The third-order valence-corrected chi connectivity index (χ3v) is 5.94. The van der Waals surface area contributed by atoms with Gasteiger partial charge in [0.1, 0.15) is 17.5 Å². The SMILES string of the molecule is CNc1cc([C@@H]2CC(=O)N(c3ccc(F)cc3)C2)nc(CN(C)C2CCOCC2)n1. The Hall–Kier alpha value is -2.58. The molecule has 0 aliphatic carbocycles. The molecule has 8 heteroatoms. The predicted octanol–water partition coefficient (Wildman–Crippen LogP) is 2.79. The molecule has 0 spiro atoms. The standard InChI is InChI=1S/C22H28FN5O2/c1-24-20-12-19(25-21(26-20)14-27(2)17-7-9-30-10-8-17)15-11-22(29)28(13-15)18-5-3-16(23)4-6-18/h3-6,12,15,17H,7-11,13-14H2,1-2H3,(H,24,25,26)/t15-/m1/s1. The minimum atomic E-state index is -0.310. The van der Waals surface area contributed by atoms with Crippen LogP contribution in [-0.2, 0) is 16.1 Å². The highest BCUT2D eigenvalue weighted by atomic mass is 19.1. The van der Waals surface area contributed by atoms with Crippen LogP contribution in [0.1, 0.15) is 36.7 Å². The van der Waals surface area contributed by atoms with Crippen molar-refractivity contribution < 1.29 is 13.9 Å². The van der Waals surface area contributed by atoms with Crippen LogP contribution >= 0.6 is 0 Å². The number of aromatic nitrogens is 2. The number of ether oxygens (including phenoxy) is 1. The lowest BCUT2D eigenvalue weighted by atomic mass is 10.0. The van der Waals surface area contributed by atoms with Crippen LogP contribution < -0.4 is 10.2 Å². The second kappa shape index (κ2) is 9.06. The molecule has 1 N–H and O–H groups in total. The summed E-state index contributed by atoms with van der Waals surface area (Å²) in [5.41, 5.74) is 1.58. The molecule has 4 rings (SSSR count). The monoisotopic (exact) mass is 413 g/mol. The summed E-state index contributed by atoms with van der Waals surface area (Å²) in [5, 5.41) is 3.11. The van der Waals surface area contributed by atoms with Crippen molar-refractivity contribution in [3.63, 3.8) is 0 Å². The fourth-order valence-electron chi connectivity index (χ4n) is 4.18. The van der Waals surface area contributed by atoms with E-state index in [0.717, 1.165) is 43.4 Å². The normalized spacial score (nSPS) is 20.2. The third kappa shape index (κ3) is 4.60. The maximum atomic E-state index is 13.2. The van der Waals surface area contributed by atoms with E-state index in [1.54, 1.807) is 17.0 Å². The zero-order valence-corrected chi connectivity index (χ0v) is 17.5. The number of carbonyl (C=O) groups is 1. The summed E-state index contributed by atoms with van der Waals surface area (Å²) in [6.07, 6.45) is 2.41. The van der Waals surface area contributed by atoms with E-state index in [9.17, 15) is 9.18 Å². The number of anilines is 2. The van der Waals surface area contributed by atoms with E-state index in [2.05, 4.69) is 22.2 Å². The van der Waals surface area contributed by atoms with Crippen LogP contribution in [-0.4, -0.2) is 60.7 Å². The van der Waals surface area contributed by atoms with Crippen LogP contribution in [0.5, 0.6) is 0 Å². The van der Waals surface area contributed by atoms with Crippen LogP contribution in [0.2, 0.25) is 0 Å². The van der Waals surface area contributed by atoms with E-state index in [0.29, 0.717) is 31.2 Å². The maximum absolute atomic E-state index is 13.2. The largest absolute Gasteiger partial charge is 0.381 e. The van der Waals surface area contributed by atoms with Gasteiger partial charge in [-0.2, -0.15) is 0 Å². The maximum Gasteiger partial charge on any atom is 0.227 e. The number of halogens is 1. The highest BCUT2D eigenvalue weighted by Crippen LogP contribution is 2.32. The third-order valence-electron chi connectivity index (χ3n) is 5.94. The van der Waals surface area contributed by atoms with Gasteiger partial charge in [-0.15, -0.1) is 0 Å². The van der Waals surface area contributed by atoms with Gasteiger partial charge in [-0.25, -0.2) is 14.4 Å². The van der Waals surface area contributed by atoms with Crippen molar-refractivity contribution in [3.05, 3.63) is 47.7 Å². The van der Waals surface area contributed by atoms with Gasteiger partial charge in [0.25, 0.3) is 0 Å². The molecule has 2 aromatic rings. The van der Waals surface area contributed by atoms with Crippen molar-refractivity contribution in [1.82, 2.24) is 14.9 Å². The molecule has 0 unspecified atom stereocenters. The summed E-state index contributed by atoms with van der Waals surface area (Å²) in [4.78, 5) is 26.1. The summed E-state index contributed by atoms with van der Waals surface area (Å²) >= 11 is 0. The Morgan fingerprint density at radius 3 is 2.67 bits per heavy atom. The highest BCUT2D eigenvalue weighted by Gasteiger charge is 2.33. The molecule has 1 aromatic heterocycles. The molecule has 2 saturated heterocycles. The summed E-state index contributed by atoms with van der Waals surface area (Å²) < 4.78 is 18.7. The number of benzene rings is 1. The van der Waals surface area contributed by atoms with Crippen molar-refractivity contribution in [3.8, 4) is 0 Å². The van der Waals surface area contributed by atoms with Crippen LogP contribution in [0.3, 0.4) is 0 Å². The lowest BCUT2D eigenvalue weighted by molar-refractivity contribution is -0.117. The van der Waals surface area contributed by atoms with Gasteiger partial charge in [-0.05, 0) is 44.2 Å². The molecular formula is C22H28FN5O2. The number of rotatable bonds is 6. The van der Waals surface area contributed by atoms with Crippen molar-refractivity contribution in [2.75, 3.05) is 44.1 Å². The van der Waals surface area contributed by atoms with Gasteiger partial charge in [0.15, 0.2) is 0 Å². The summed E-state index contributed by atoms with van der Waals surface area (Å²) in [7, 11) is 3.93. The van der Waals surface area contributed by atoms with Gasteiger partial charge >= 0.3 is 0 Å². The number of carbonyl (C=O) groups excluding carboxylic acids is 1. The zero-order valence-electron chi connectivity index (χ0n) is 17.5. The number of hydrogen-bond acceptors (Lipinski definition) is 6. The lowest BCUT2D eigenvalue weighted by Crippen LogP contribution is -2.36. The van der Waals surface area contributed by atoms with Gasteiger partial charge in [-0.1, -0.05) is 0 Å². The molecule has 3 heterocycles. The molecule has 7 nitrogen and oxygen atoms in total. The molecule has 0 radical (unpaired) electrons. The van der Waals surface area contributed by atoms with Gasteiger partial charge in [0, 0.05) is 56.9 Å². The van der Waals surface area contributed by atoms with E-state index in [-0.39, 0.29) is 17.6 Å². The minimum absolute atomic E-state index is 0.0233. The van der Waals surface area contributed by atoms with E-state index in [1.165, 1.54) is 12.1 Å². The highest BCUT2D eigenvalue weighted by molar-refractivity contribution is 5.96. The molecule has 2 fully saturated rings. The molecule has 1 atom stereocenters. The Morgan fingerprint density at radius 2 is 1.97 bits per heavy atom. The molecule has 0 saturated carbocycles. The minimum Gasteiger partial charge on any atom is -0.381 e. The second-order valence-electron chi connectivity index (χ2n) is 7.98. The lowest BCUT2D eigenvalue weighted by Gasteiger charge is -2.30. The van der Waals surface area contributed by atoms with Gasteiger partial charge < -0.3 is 15.0 Å². The Kier molecular flexibility index (Phi) is 6.24. The van der Waals surface area contributed by atoms with Crippen molar-refractivity contribution in [2.45, 2.75) is 37.8 Å². The molecule has 2 aliphatic heterocycles. The van der Waals surface area contributed by atoms with E-state index < -0.39 is 0 Å². The molecule has 160 valence electrons. The van der Waals surface area contributed by atoms with E-state index >= 15 is 0 Å². The summed E-state index contributed by atoms with van der Waals surface area (Å²) in [6.45, 7) is 2.76. The predicted molar refractivity (Wildman–Crippen MR) is 113 cm³/mol. The van der Waals surface area contributed by atoms with E-state index in [4.69, 9.17) is 9.72 Å². The molecule has 1 amide bonds. The Bertz CT molecular complexity index is 886. The number of amides is 1. The van der Waals surface area contributed by atoms with Crippen molar-refractivity contribution in [2.24, 2.45) is 0 Å². The first-order valence-corrected chi connectivity index (χ1v) is 10.4. The first kappa shape index (κ1) is 20.7. The van der Waals surface area contributed by atoms with Gasteiger partial charge in [-0.3, -0.25) is 9.69 Å². The van der Waals surface area contributed by atoms with Crippen LogP contribution in [0.4, 0.5) is 15.9 Å². The second-order valence-corrected chi connectivity index (χ2v) is 7.98. The average Bonchev–Trinajstić information content (AvgIpc) is 3.16. The molecular weight excluding hydrogens is 385 g/mol. The molecule has 2 aliphatic rings. The van der Waals surface area contributed by atoms with Crippen LogP contribution in [0.15, 0.2) is 30.3 Å². The average molecular weight is 413 g/mol. The van der Waals surface area contributed by atoms with Crippen LogP contribution in [0, 0.1) is 5.82 Å². The van der Waals surface area contributed by atoms with Gasteiger partial charge in [0.05, 0.1) is 12.2 Å². The van der Waals surface area contributed by atoms with Crippen LogP contribution in [0.25, 0.3) is 0 Å². The fourth-order valence-corrected chi connectivity index (χ4v) is 4.18. The number of hydrogen-bond donors (Lipinski definition) is 1. The molecule has 30 heavy (non-hydrogen) atoms. The topological polar surface area (TPSA) is 70.6 Å². The smallest absolute Gasteiger partial charge is 0.227 e. The van der Waals surface area contributed by atoms with Crippen molar-refractivity contribution >= 4 is 17.4 Å². The first-order valence-electron chi connectivity index (χ1n) is 10.4. The zero-order chi connectivity index (χ0) is 21.1. The quantitative estimate of drug-likeness (QED) is 0.785. The first-order chi connectivity index (χ1) is 14.5. The van der Waals surface area contributed by atoms with Gasteiger partial charge in [0.2, 0.25) is 5.91 Å². The number of nitrogens with zero attached hydrogens (tertiary/aromatic N) is 4. The fraction of sp³-hybridized carbons (Fsp3) is 0.500. The van der Waals surface area contributed by atoms with E-state index in [1.807, 2.05) is 13.1 Å². The Morgan fingerprint density at radius 1 is 1.23 bits per heavy atom. The summed E-state index contributed by atoms with van der Waals surface area (Å²) in [5.74, 6) is 1.19. The Balaban J connectivity index is 1.51. The van der Waals surface area contributed by atoms with Crippen molar-refractivity contribution in [1.29, 1.82) is 0 Å².